The van der Waals surface area contributed by atoms with Crippen LogP contribution in [0.15, 0.2) is 54.9 Å². The fourth-order valence-corrected chi connectivity index (χ4v) is 3.12. The van der Waals surface area contributed by atoms with E-state index in [2.05, 4.69) is 15.2 Å². The molecular formula is C21H22N4O2. The van der Waals surface area contributed by atoms with Gasteiger partial charge < -0.3 is 9.64 Å². The highest BCUT2D eigenvalue weighted by molar-refractivity contribution is 5.93. The molecule has 1 aliphatic carbocycles. The van der Waals surface area contributed by atoms with E-state index < -0.39 is 0 Å². The van der Waals surface area contributed by atoms with Gasteiger partial charge in [0.05, 0.1) is 12.3 Å². The summed E-state index contributed by atoms with van der Waals surface area (Å²) in [6.45, 7) is 3.10. The van der Waals surface area contributed by atoms with Crippen LogP contribution < -0.4 is 4.74 Å². The SMILES string of the molecule is CCOc1ccccc1CN(C(=O)c1cc(-c2ccncc2)n[nH]1)C1CC1. The van der Waals surface area contributed by atoms with E-state index in [0.717, 1.165) is 35.4 Å². The number of nitrogens with one attached hydrogen (secondary N) is 1. The Bertz CT molecular complexity index is 919. The maximum Gasteiger partial charge on any atom is 0.272 e. The highest BCUT2D eigenvalue weighted by Crippen LogP contribution is 2.32. The normalized spacial score (nSPS) is 13.4. The molecule has 0 unspecified atom stereocenters. The monoisotopic (exact) mass is 362 g/mol. The predicted octanol–water partition coefficient (Wildman–Crippen LogP) is 3.68. The Morgan fingerprint density at radius 2 is 2.00 bits per heavy atom. The van der Waals surface area contributed by atoms with Crippen LogP contribution in [0.5, 0.6) is 5.75 Å². The molecule has 6 nitrogen and oxygen atoms in total. The van der Waals surface area contributed by atoms with E-state index in [0.29, 0.717) is 18.8 Å². The number of rotatable bonds is 7. The number of benzene rings is 1. The average molecular weight is 362 g/mol. The van der Waals surface area contributed by atoms with E-state index in [4.69, 9.17) is 4.74 Å². The zero-order valence-electron chi connectivity index (χ0n) is 15.3. The minimum Gasteiger partial charge on any atom is -0.494 e. The lowest BCUT2D eigenvalue weighted by atomic mass is 10.1. The molecule has 2 aromatic heterocycles. The molecule has 0 saturated heterocycles. The summed E-state index contributed by atoms with van der Waals surface area (Å²) >= 11 is 0. The molecule has 0 aliphatic heterocycles. The number of aromatic amines is 1. The van der Waals surface area contributed by atoms with Gasteiger partial charge in [0.1, 0.15) is 11.4 Å². The van der Waals surface area contributed by atoms with Crippen LogP contribution in [0.4, 0.5) is 0 Å². The minimum atomic E-state index is -0.0309. The molecule has 6 heteroatoms. The van der Waals surface area contributed by atoms with E-state index in [1.165, 1.54) is 0 Å². The van der Waals surface area contributed by atoms with Crippen LogP contribution in [-0.4, -0.2) is 38.6 Å². The van der Waals surface area contributed by atoms with E-state index in [1.807, 2.05) is 54.3 Å². The second-order valence-electron chi connectivity index (χ2n) is 6.61. The number of hydrogen-bond acceptors (Lipinski definition) is 4. The molecule has 0 radical (unpaired) electrons. The number of amides is 1. The fraction of sp³-hybridized carbons (Fsp3) is 0.286. The Morgan fingerprint density at radius 1 is 1.22 bits per heavy atom. The molecule has 1 saturated carbocycles. The van der Waals surface area contributed by atoms with Gasteiger partial charge in [0.25, 0.3) is 5.91 Å². The van der Waals surface area contributed by atoms with Gasteiger partial charge in [-0.05, 0) is 44.0 Å². The lowest BCUT2D eigenvalue weighted by molar-refractivity contribution is 0.0722. The van der Waals surface area contributed by atoms with Crippen molar-refractivity contribution in [3.05, 3.63) is 66.1 Å². The van der Waals surface area contributed by atoms with Crippen molar-refractivity contribution in [2.75, 3.05) is 6.61 Å². The van der Waals surface area contributed by atoms with Crippen molar-refractivity contribution in [2.45, 2.75) is 32.4 Å². The molecule has 138 valence electrons. The van der Waals surface area contributed by atoms with Crippen molar-refractivity contribution in [1.82, 2.24) is 20.1 Å². The zero-order valence-corrected chi connectivity index (χ0v) is 15.3. The first-order valence-corrected chi connectivity index (χ1v) is 9.23. The van der Waals surface area contributed by atoms with Crippen molar-refractivity contribution in [3.63, 3.8) is 0 Å². The summed E-state index contributed by atoms with van der Waals surface area (Å²) in [5.41, 5.74) is 3.20. The Morgan fingerprint density at radius 3 is 2.74 bits per heavy atom. The zero-order chi connectivity index (χ0) is 18.6. The summed E-state index contributed by atoms with van der Waals surface area (Å²) in [6.07, 6.45) is 5.50. The van der Waals surface area contributed by atoms with Gasteiger partial charge in [0.2, 0.25) is 0 Å². The first-order chi connectivity index (χ1) is 13.3. The van der Waals surface area contributed by atoms with Crippen molar-refractivity contribution in [3.8, 4) is 17.0 Å². The van der Waals surface area contributed by atoms with Crippen LogP contribution in [0.2, 0.25) is 0 Å². The molecule has 3 aromatic rings. The molecule has 0 spiro atoms. The van der Waals surface area contributed by atoms with Gasteiger partial charge in [-0.3, -0.25) is 14.9 Å². The van der Waals surface area contributed by atoms with Crippen molar-refractivity contribution in [1.29, 1.82) is 0 Å². The first-order valence-electron chi connectivity index (χ1n) is 9.23. The van der Waals surface area contributed by atoms with Gasteiger partial charge in [0.15, 0.2) is 0 Å². The quantitative estimate of drug-likeness (QED) is 0.696. The van der Waals surface area contributed by atoms with Gasteiger partial charge in [-0.25, -0.2) is 0 Å². The Kier molecular flexibility index (Phi) is 4.87. The molecule has 0 bridgehead atoms. The lowest BCUT2D eigenvalue weighted by Crippen LogP contribution is -2.33. The molecule has 4 rings (SSSR count). The van der Waals surface area contributed by atoms with Crippen LogP contribution in [-0.2, 0) is 6.54 Å². The van der Waals surface area contributed by atoms with Crippen molar-refractivity contribution >= 4 is 5.91 Å². The Labute approximate surface area is 158 Å². The summed E-state index contributed by atoms with van der Waals surface area (Å²) in [4.78, 5) is 19.1. The highest BCUT2D eigenvalue weighted by atomic mass is 16.5. The number of nitrogens with zero attached hydrogens (tertiary/aromatic N) is 3. The van der Waals surface area contributed by atoms with Gasteiger partial charge in [-0.2, -0.15) is 5.10 Å². The minimum absolute atomic E-state index is 0.0309. The number of H-pyrrole nitrogens is 1. The van der Waals surface area contributed by atoms with Crippen LogP contribution in [0.3, 0.4) is 0 Å². The van der Waals surface area contributed by atoms with E-state index in [9.17, 15) is 4.79 Å². The Hall–Kier alpha value is -3.15. The van der Waals surface area contributed by atoms with Gasteiger partial charge in [-0.1, -0.05) is 18.2 Å². The number of hydrogen-bond donors (Lipinski definition) is 1. The molecule has 1 aromatic carbocycles. The number of carbonyl (C=O) groups is 1. The maximum atomic E-state index is 13.1. The third kappa shape index (κ3) is 3.84. The van der Waals surface area contributed by atoms with Gasteiger partial charge in [0, 0.05) is 36.1 Å². The largest absolute Gasteiger partial charge is 0.494 e. The second-order valence-corrected chi connectivity index (χ2v) is 6.61. The average Bonchev–Trinajstić information content (AvgIpc) is 3.43. The topological polar surface area (TPSA) is 71.1 Å². The van der Waals surface area contributed by atoms with Crippen LogP contribution in [0, 0.1) is 0 Å². The highest BCUT2D eigenvalue weighted by Gasteiger charge is 2.34. The standard InChI is InChI=1S/C21H22N4O2/c1-2-27-20-6-4-3-5-16(20)14-25(17-7-8-17)21(26)19-13-18(23-24-19)15-9-11-22-12-10-15/h3-6,9-13,17H,2,7-8,14H2,1H3,(H,23,24). The predicted molar refractivity (Wildman–Crippen MR) is 102 cm³/mol. The molecule has 2 heterocycles. The van der Waals surface area contributed by atoms with Crippen molar-refractivity contribution in [2.24, 2.45) is 0 Å². The van der Waals surface area contributed by atoms with Crippen LogP contribution >= 0.6 is 0 Å². The van der Waals surface area contributed by atoms with E-state index in [1.54, 1.807) is 12.4 Å². The molecule has 1 amide bonds. The van der Waals surface area contributed by atoms with E-state index in [-0.39, 0.29) is 11.9 Å². The number of pyridine rings is 1. The molecule has 0 atom stereocenters. The molecular weight excluding hydrogens is 340 g/mol. The summed E-state index contributed by atoms with van der Waals surface area (Å²) < 4.78 is 5.72. The van der Waals surface area contributed by atoms with Crippen molar-refractivity contribution < 1.29 is 9.53 Å². The maximum absolute atomic E-state index is 13.1. The number of aromatic nitrogens is 3. The summed E-state index contributed by atoms with van der Waals surface area (Å²) in [5.74, 6) is 0.803. The molecule has 1 N–H and O–H groups in total. The summed E-state index contributed by atoms with van der Waals surface area (Å²) in [6, 6.07) is 13.7. The Balaban J connectivity index is 1.57. The third-order valence-corrected chi connectivity index (χ3v) is 4.65. The van der Waals surface area contributed by atoms with Crippen LogP contribution in [0.25, 0.3) is 11.3 Å². The molecule has 27 heavy (non-hydrogen) atoms. The molecule has 1 aliphatic rings. The second kappa shape index (κ2) is 7.61. The number of para-hydroxylation sites is 1. The summed E-state index contributed by atoms with van der Waals surface area (Å²) in [7, 11) is 0. The smallest absolute Gasteiger partial charge is 0.272 e. The molecule has 1 fully saturated rings. The van der Waals surface area contributed by atoms with Gasteiger partial charge in [-0.15, -0.1) is 0 Å². The lowest BCUT2D eigenvalue weighted by Gasteiger charge is -2.23. The first kappa shape index (κ1) is 17.3. The van der Waals surface area contributed by atoms with Gasteiger partial charge >= 0.3 is 0 Å². The van der Waals surface area contributed by atoms with E-state index >= 15 is 0 Å². The van der Waals surface area contributed by atoms with Crippen LogP contribution in [0.1, 0.15) is 35.8 Å². The number of carbonyl (C=O) groups excluding carboxylic acids is 1. The third-order valence-electron chi connectivity index (χ3n) is 4.65. The number of ether oxygens (including phenoxy) is 1. The fourth-order valence-electron chi connectivity index (χ4n) is 3.12. The summed E-state index contributed by atoms with van der Waals surface area (Å²) in [5, 5.41) is 7.20.